The van der Waals surface area contributed by atoms with Crippen LogP contribution in [-0.4, -0.2) is 53.3 Å². The molecule has 2 heterocycles. The Bertz CT molecular complexity index is 643. The van der Waals surface area contributed by atoms with Gasteiger partial charge in [0.25, 0.3) is 5.88 Å². The molecule has 25 heavy (non-hydrogen) atoms. The maximum Gasteiger partial charge on any atom is 0.410 e. The summed E-state index contributed by atoms with van der Waals surface area (Å²) in [5.41, 5.74) is -0.256. The largest absolute Gasteiger partial charge is 0.478 e. The molecule has 1 N–H and O–H groups in total. The van der Waals surface area contributed by atoms with Crippen LogP contribution < -0.4 is 10.1 Å². The number of nitrogens with zero attached hydrogens (tertiary/aromatic N) is 4. The van der Waals surface area contributed by atoms with Gasteiger partial charge in [-0.25, -0.2) is 9.78 Å². The van der Waals surface area contributed by atoms with E-state index >= 15 is 0 Å². The van der Waals surface area contributed by atoms with Crippen molar-refractivity contribution in [3.8, 4) is 11.9 Å². The van der Waals surface area contributed by atoms with Crippen LogP contribution in [0.5, 0.6) is 5.88 Å². The minimum absolute atomic E-state index is 0.216. The fraction of sp³-hybridized carbons (Fsp3) is 0.647. The lowest BCUT2D eigenvalue weighted by atomic mass is 9.97. The molecule has 0 radical (unpaired) electrons. The van der Waals surface area contributed by atoms with Crippen LogP contribution in [0.1, 0.15) is 39.3 Å². The van der Waals surface area contributed by atoms with E-state index in [-0.39, 0.29) is 11.8 Å². The Hall–Kier alpha value is -2.56. The van der Waals surface area contributed by atoms with Crippen LogP contribution in [0.2, 0.25) is 0 Å². The maximum atomic E-state index is 12.1. The number of hydrogen-bond acceptors (Lipinski definition) is 7. The molecule has 8 heteroatoms. The Labute approximate surface area is 148 Å². The molecule has 1 aliphatic rings. The molecule has 1 fully saturated rings. The highest BCUT2D eigenvalue weighted by molar-refractivity contribution is 5.68. The monoisotopic (exact) mass is 347 g/mol. The second-order valence-electron chi connectivity index (χ2n) is 7.02. The van der Waals surface area contributed by atoms with E-state index in [1.165, 1.54) is 13.3 Å². The van der Waals surface area contributed by atoms with E-state index in [2.05, 4.69) is 15.3 Å². The fourth-order valence-electron chi connectivity index (χ4n) is 2.58. The summed E-state index contributed by atoms with van der Waals surface area (Å²) < 4.78 is 10.6. The highest BCUT2D eigenvalue weighted by Gasteiger charge is 2.27. The SMILES string of the molecule is COc1nc(C#N)cnc1NCC1CCN(C(=O)OC(C)(C)C)CC1. The molecule has 0 unspecified atom stereocenters. The summed E-state index contributed by atoms with van der Waals surface area (Å²) in [6, 6.07) is 1.94. The number of ether oxygens (including phenoxy) is 2. The standard InChI is InChI=1S/C17H25N5O3/c1-17(2,3)25-16(23)22-7-5-12(6-8-22)10-19-14-15(24-4)21-13(9-18)11-20-14/h11-12H,5-8,10H2,1-4H3,(H,19,20). The molecule has 0 atom stereocenters. The molecule has 1 aliphatic heterocycles. The van der Waals surface area contributed by atoms with Crippen LogP contribution in [0.15, 0.2) is 6.20 Å². The molecular formula is C17H25N5O3. The molecule has 1 aromatic rings. The zero-order valence-electron chi connectivity index (χ0n) is 15.2. The van der Waals surface area contributed by atoms with Crippen LogP contribution in [0, 0.1) is 17.2 Å². The van der Waals surface area contributed by atoms with E-state index in [4.69, 9.17) is 14.7 Å². The first kappa shape index (κ1) is 18.8. The van der Waals surface area contributed by atoms with Crippen LogP contribution in [0.25, 0.3) is 0 Å². The lowest BCUT2D eigenvalue weighted by molar-refractivity contribution is 0.0188. The average molecular weight is 347 g/mol. The molecule has 0 aliphatic carbocycles. The molecule has 0 spiro atoms. The Morgan fingerprint density at radius 3 is 2.68 bits per heavy atom. The summed E-state index contributed by atoms with van der Waals surface area (Å²) in [7, 11) is 1.50. The zero-order chi connectivity index (χ0) is 18.4. The Morgan fingerprint density at radius 1 is 1.44 bits per heavy atom. The predicted molar refractivity (Wildman–Crippen MR) is 92.3 cm³/mol. The van der Waals surface area contributed by atoms with Crippen molar-refractivity contribution >= 4 is 11.9 Å². The smallest absolute Gasteiger partial charge is 0.410 e. The summed E-state index contributed by atoms with van der Waals surface area (Å²) >= 11 is 0. The first-order valence-corrected chi connectivity index (χ1v) is 8.35. The molecule has 136 valence electrons. The van der Waals surface area contributed by atoms with Crippen molar-refractivity contribution in [3.63, 3.8) is 0 Å². The maximum absolute atomic E-state index is 12.1. The number of nitrogens with one attached hydrogen (secondary N) is 1. The van der Waals surface area contributed by atoms with Crippen molar-refractivity contribution in [2.75, 3.05) is 32.1 Å². The minimum Gasteiger partial charge on any atom is -0.478 e. The van der Waals surface area contributed by atoms with E-state index in [1.54, 1.807) is 4.90 Å². The fourth-order valence-corrected chi connectivity index (χ4v) is 2.58. The number of nitriles is 1. The average Bonchev–Trinajstić information content (AvgIpc) is 2.58. The van der Waals surface area contributed by atoms with Crippen LogP contribution in [0.4, 0.5) is 10.6 Å². The van der Waals surface area contributed by atoms with Gasteiger partial charge in [-0.1, -0.05) is 0 Å². The van der Waals surface area contributed by atoms with E-state index < -0.39 is 5.60 Å². The lowest BCUT2D eigenvalue weighted by Crippen LogP contribution is -2.42. The Morgan fingerprint density at radius 2 is 2.12 bits per heavy atom. The topological polar surface area (TPSA) is 100 Å². The number of amides is 1. The summed E-state index contributed by atoms with van der Waals surface area (Å²) in [6.07, 6.45) is 2.94. The molecule has 1 saturated heterocycles. The van der Waals surface area contributed by atoms with Crippen LogP contribution in [-0.2, 0) is 4.74 Å². The van der Waals surface area contributed by atoms with Crippen molar-refractivity contribution in [3.05, 3.63) is 11.9 Å². The molecule has 0 saturated carbocycles. The van der Waals surface area contributed by atoms with Gasteiger partial charge in [0.05, 0.1) is 13.3 Å². The van der Waals surface area contributed by atoms with Gasteiger partial charge in [0.2, 0.25) is 0 Å². The highest BCUT2D eigenvalue weighted by Crippen LogP contribution is 2.23. The summed E-state index contributed by atoms with van der Waals surface area (Å²) in [6.45, 7) is 7.67. The van der Waals surface area contributed by atoms with Crippen LogP contribution in [0.3, 0.4) is 0 Å². The Kier molecular flexibility index (Phi) is 6.02. The van der Waals surface area contributed by atoms with Crippen molar-refractivity contribution < 1.29 is 14.3 Å². The quantitative estimate of drug-likeness (QED) is 0.892. The number of carbonyl (C=O) groups excluding carboxylic acids is 1. The molecular weight excluding hydrogens is 322 g/mol. The van der Waals surface area contributed by atoms with Crippen molar-refractivity contribution in [2.45, 2.75) is 39.2 Å². The van der Waals surface area contributed by atoms with E-state index in [9.17, 15) is 4.79 Å². The number of carbonyl (C=O) groups is 1. The molecule has 1 aromatic heterocycles. The van der Waals surface area contributed by atoms with Gasteiger partial charge in [-0.3, -0.25) is 0 Å². The number of hydrogen-bond donors (Lipinski definition) is 1. The van der Waals surface area contributed by atoms with Gasteiger partial charge in [-0.15, -0.1) is 0 Å². The lowest BCUT2D eigenvalue weighted by Gasteiger charge is -2.33. The summed E-state index contributed by atoms with van der Waals surface area (Å²) in [5, 5.41) is 12.1. The van der Waals surface area contributed by atoms with Crippen molar-refractivity contribution in [1.29, 1.82) is 5.26 Å². The number of likely N-dealkylation sites (tertiary alicyclic amines) is 1. The Balaban J connectivity index is 1.83. The third-order valence-corrected chi connectivity index (χ3v) is 3.87. The van der Waals surface area contributed by atoms with Gasteiger partial charge in [0.15, 0.2) is 11.5 Å². The van der Waals surface area contributed by atoms with Crippen molar-refractivity contribution in [1.82, 2.24) is 14.9 Å². The molecule has 0 bridgehead atoms. The first-order chi connectivity index (χ1) is 11.8. The van der Waals surface area contributed by atoms with Gasteiger partial charge in [0, 0.05) is 19.6 Å². The normalized spacial score (nSPS) is 15.4. The number of anilines is 1. The van der Waals surface area contributed by atoms with Crippen LogP contribution >= 0.6 is 0 Å². The molecule has 2 rings (SSSR count). The third-order valence-electron chi connectivity index (χ3n) is 3.87. The third kappa shape index (κ3) is 5.48. The zero-order valence-corrected chi connectivity index (χ0v) is 15.2. The second kappa shape index (κ2) is 8.01. The highest BCUT2D eigenvalue weighted by atomic mass is 16.6. The number of methoxy groups -OCH3 is 1. The number of piperidine rings is 1. The van der Waals surface area contributed by atoms with E-state index in [1.807, 2.05) is 26.8 Å². The minimum atomic E-state index is -0.472. The first-order valence-electron chi connectivity index (χ1n) is 8.35. The molecule has 0 aromatic carbocycles. The number of aromatic nitrogens is 2. The van der Waals surface area contributed by atoms with Gasteiger partial charge in [-0.05, 0) is 39.5 Å². The van der Waals surface area contributed by atoms with Gasteiger partial charge in [0.1, 0.15) is 11.7 Å². The van der Waals surface area contributed by atoms with Gasteiger partial charge >= 0.3 is 6.09 Å². The van der Waals surface area contributed by atoms with Gasteiger partial charge < -0.3 is 19.7 Å². The van der Waals surface area contributed by atoms with Gasteiger partial charge in [-0.2, -0.15) is 10.2 Å². The van der Waals surface area contributed by atoms with E-state index in [0.717, 1.165) is 12.8 Å². The van der Waals surface area contributed by atoms with Crippen molar-refractivity contribution in [2.24, 2.45) is 5.92 Å². The summed E-state index contributed by atoms with van der Waals surface area (Å²) in [4.78, 5) is 22.1. The molecule has 8 nitrogen and oxygen atoms in total. The predicted octanol–water partition coefficient (Wildman–Crippen LogP) is 2.42. The number of rotatable bonds is 4. The second-order valence-corrected chi connectivity index (χ2v) is 7.02. The van der Waals surface area contributed by atoms with E-state index in [0.29, 0.717) is 37.3 Å². The summed E-state index contributed by atoms with van der Waals surface area (Å²) in [5.74, 6) is 1.25. The molecule has 1 amide bonds.